The third kappa shape index (κ3) is 3.44. The lowest BCUT2D eigenvalue weighted by molar-refractivity contribution is 0.434. The molecule has 1 aliphatic rings. The Morgan fingerprint density at radius 3 is 2.59 bits per heavy atom. The van der Waals surface area contributed by atoms with Gasteiger partial charge in [-0.05, 0) is 42.9 Å². The maximum Gasteiger partial charge on any atom is 0.0446 e. The number of benzene rings is 1. The summed E-state index contributed by atoms with van der Waals surface area (Å²) in [5, 5.41) is 4.44. The SMILES string of the molecule is CC1CCC(NC(CN)c2ccc(Cl)cc2)C1. The minimum atomic E-state index is 0.252. The van der Waals surface area contributed by atoms with Crippen LogP contribution in [0.15, 0.2) is 24.3 Å². The maximum absolute atomic E-state index is 5.90. The molecule has 3 heteroatoms. The van der Waals surface area contributed by atoms with Gasteiger partial charge in [0.2, 0.25) is 0 Å². The van der Waals surface area contributed by atoms with Crippen LogP contribution in [0.3, 0.4) is 0 Å². The van der Waals surface area contributed by atoms with Crippen LogP contribution in [0.4, 0.5) is 0 Å². The van der Waals surface area contributed by atoms with Gasteiger partial charge in [0.15, 0.2) is 0 Å². The van der Waals surface area contributed by atoms with E-state index in [2.05, 4.69) is 24.4 Å². The largest absolute Gasteiger partial charge is 0.329 e. The molecule has 3 atom stereocenters. The van der Waals surface area contributed by atoms with E-state index in [1.807, 2.05) is 12.1 Å². The number of halogens is 1. The molecular formula is C14H21ClN2. The number of rotatable bonds is 4. The molecular weight excluding hydrogens is 232 g/mol. The zero-order chi connectivity index (χ0) is 12.3. The second-order valence-electron chi connectivity index (χ2n) is 5.12. The van der Waals surface area contributed by atoms with Crippen molar-refractivity contribution in [2.45, 2.75) is 38.3 Å². The number of nitrogens with one attached hydrogen (secondary N) is 1. The summed E-state index contributed by atoms with van der Waals surface area (Å²) in [7, 11) is 0. The zero-order valence-corrected chi connectivity index (χ0v) is 11.1. The van der Waals surface area contributed by atoms with Gasteiger partial charge < -0.3 is 11.1 Å². The third-order valence-electron chi connectivity index (χ3n) is 3.64. The van der Waals surface area contributed by atoms with Crippen LogP contribution in [0.1, 0.15) is 37.8 Å². The Hall–Kier alpha value is -0.570. The highest BCUT2D eigenvalue weighted by molar-refractivity contribution is 6.30. The minimum Gasteiger partial charge on any atom is -0.329 e. The summed E-state index contributed by atoms with van der Waals surface area (Å²) < 4.78 is 0. The van der Waals surface area contributed by atoms with Gasteiger partial charge in [0.1, 0.15) is 0 Å². The Bertz CT molecular complexity index is 350. The summed E-state index contributed by atoms with van der Waals surface area (Å²) in [6, 6.07) is 8.85. The first-order valence-corrected chi connectivity index (χ1v) is 6.78. The van der Waals surface area contributed by atoms with E-state index in [4.69, 9.17) is 17.3 Å². The van der Waals surface area contributed by atoms with Crippen molar-refractivity contribution in [3.8, 4) is 0 Å². The normalized spacial score (nSPS) is 26.1. The second-order valence-corrected chi connectivity index (χ2v) is 5.56. The average molecular weight is 253 g/mol. The molecule has 94 valence electrons. The van der Waals surface area contributed by atoms with Crippen LogP contribution in [0.2, 0.25) is 5.02 Å². The summed E-state index contributed by atoms with van der Waals surface area (Å²) in [5.74, 6) is 0.844. The van der Waals surface area contributed by atoms with Crippen LogP contribution in [-0.4, -0.2) is 12.6 Å². The average Bonchev–Trinajstić information content (AvgIpc) is 2.73. The fourth-order valence-corrected chi connectivity index (χ4v) is 2.76. The zero-order valence-electron chi connectivity index (χ0n) is 10.3. The van der Waals surface area contributed by atoms with Crippen molar-refractivity contribution in [2.24, 2.45) is 11.7 Å². The smallest absolute Gasteiger partial charge is 0.0446 e. The quantitative estimate of drug-likeness (QED) is 0.864. The van der Waals surface area contributed by atoms with Gasteiger partial charge in [-0.2, -0.15) is 0 Å². The van der Waals surface area contributed by atoms with E-state index in [0.717, 1.165) is 10.9 Å². The topological polar surface area (TPSA) is 38.0 Å². The van der Waals surface area contributed by atoms with Gasteiger partial charge in [-0.15, -0.1) is 0 Å². The van der Waals surface area contributed by atoms with E-state index in [1.165, 1.54) is 24.8 Å². The predicted octanol–water partition coefficient (Wildman–Crippen LogP) is 3.12. The molecule has 17 heavy (non-hydrogen) atoms. The minimum absolute atomic E-state index is 0.252. The van der Waals surface area contributed by atoms with Crippen molar-refractivity contribution in [1.82, 2.24) is 5.32 Å². The second kappa shape index (κ2) is 5.85. The van der Waals surface area contributed by atoms with Crippen LogP contribution in [0.5, 0.6) is 0 Å². The Labute approximate surface area is 109 Å². The highest BCUT2D eigenvalue weighted by Crippen LogP contribution is 2.27. The molecule has 0 aliphatic heterocycles. The number of hydrogen-bond donors (Lipinski definition) is 2. The molecule has 3 unspecified atom stereocenters. The van der Waals surface area contributed by atoms with E-state index in [-0.39, 0.29) is 6.04 Å². The fraction of sp³-hybridized carbons (Fsp3) is 0.571. The highest BCUT2D eigenvalue weighted by atomic mass is 35.5. The molecule has 3 N–H and O–H groups in total. The molecule has 0 radical (unpaired) electrons. The van der Waals surface area contributed by atoms with Crippen molar-refractivity contribution in [1.29, 1.82) is 0 Å². The summed E-state index contributed by atoms with van der Waals surface area (Å²) in [4.78, 5) is 0. The molecule has 1 aromatic carbocycles. The van der Waals surface area contributed by atoms with Gasteiger partial charge in [0.05, 0.1) is 0 Å². The summed E-state index contributed by atoms with van der Waals surface area (Å²) >= 11 is 5.90. The van der Waals surface area contributed by atoms with Gasteiger partial charge >= 0.3 is 0 Å². The van der Waals surface area contributed by atoms with Gasteiger partial charge in [-0.3, -0.25) is 0 Å². The molecule has 2 rings (SSSR count). The standard InChI is InChI=1S/C14H21ClN2/c1-10-2-7-13(8-10)17-14(9-16)11-3-5-12(15)6-4-11/h3-6,10,13-14,17H,2,7-9,16H2,1H3. The monoisotopic (exact) mass is 252 g/mol. The third-order valence-corrected chi connectivity index (χ3v) is 3.89. The summed E-state index contributed by atoms with van der Waals surface area (Å²) in [6.45, 7) is 2.95. The van der Waals surface area contributed by atoms with E-state index in [1.54, 1.807) is 0 Å². The molecule has 2 nitrogen and oxygen atoms in total. The van der Waals surface area contributed by atoms with Crippen LogP contribution in [0, 0.1) is 5.92 Å². The maximum atomic E-state index is 5.90. The van der Waals surface area contributed by atoms with Crippen LogP contribution in [-0.2, 0) is 0 Å². The first kappa shape index (κ1) is 12.9. The van der Waals surface area contributed by atoms with Crippen molar-refractivity contribution in [3.05, 3.63) is 34.9 Å². The molecule has 0 spiro atoms. The van der Waals surface area contributed by atoms with E-state index >= 15 is 0 Å². The molecule has 0 amide bonds. The lowest BCUT2D eigenvalue weighted by Gasteiger charge is -2.22. The van der Waals surface area contributed by atoms with Crippen molar-refractivity contribution in [2.75, 3.05) is 6.54 Å². The van der Waals surface area contributed by atoms with Crippen LogP contribution in [0.25, 0.3) is 0 Å². The fourth-order valence-electron chi connectivity index (χ4n) is 2.64. The summed E-state index contributed by atoms with van der Waals surface area (Å²) in [5.41, 5.74) is 7.09. The molecule has 1 saturated carbocycles. The molecule has 1 aliphatic carbocycles. The molecule has 0 aromatic heterocycles. The predicted molar refractivity (Wildman–Crippen MR) is 73.2 cm³/mol. The Morgan fingerprint density at radius 1 is 1.35 bits per heavy atom. The van der Waals surface area contributed by atoms with Gasteiger partial charge in [0, 0.05) is 23.7 Å². The highest BCUT2D eigenvalue weighted by Gasteiger charge is 2.23. The van der Waals surface area contributed by atoms with Crippen LogP contribution >= 0.6 is 11.6 Å². The van der Waals surface area contributed by atoms with Gasteiger partial charge in [-0.25, -0.2) is 0 Å². The van der Waals surface area contributed by atoms with E-state index in [0.29, 0.717) is 12.6 Å². The van der Waals surface area contributed by atoms with Crippen molar-refractivity contribution in [3.63, 3.8) is 0 Å². The van der Waals surface area contributed by atoms with E-state index < -0.39 is 0 Å². The Balaban J connectivity index is 1.98. The first-order valence-electron chi connectivity index (χ1n) is 6.40. The van der Waals surface area contributed by atoms with Crippen molar-refractivity contribution < 1.29 is 0 Å². The Kier molecular flexibility index (Phi) is 4.43. The summed E-state index contributed by atoms with van der Waals surface area (Å²) in [6.07, 6.45) is 3.87. The number of hydrogen-bond acceptors (Lipinski definition) is 2. The van der Waals surface area contributed by atoms with Crippen molar-refractivity contribution >= 4 is 11.6 Å². The van der Waals surface area contributed by atoms with Gasteiger partial charge in [-0.1, -0.05) is 30.7 Å². The molecule has 1 fully saturated rings. The lowest BCUT2D eigenvalue weighted by atomic mass is 10.1. The molecule has 0 saturated heterocycles. The number of nitrogens with two attached hydrogens (primary N) is 1. The lowest BCUT2D eigenvalue weighted by Crippen LogP contribution is -2.35. The van der Waals surface area contributed by atoms with Gasteiger partial charge in [0.25, 0.3) is 0 Å². The van der Waals surface area contributed by atoms with E-state index in [9.17, 15) is 0 Å². The Morgan fingerprint density at radius 2 is 2.06 bits per heavy atom. The molecule has 1 aromatic rings. The van der Waals surface area contributed by atoms with Crippen LogP contribution < -0.4 is 11.1 Å². The first-order chi connectivity index (χ1) is 8.19. The molecule has 0 heterocycles. The molecule has 0 bridgehead atoms.